The summed E-state index contributed by atoms with van der Waals surface area (Å²) in [6, 6.07) is 9.74. The number of hydrogen-bond donors (Lipinski definition) is 2. The molecule has 0 unspecified atom stereocenters. The van der Waals surface area contributed by atoms with Crippen molar-refractivity contribution in [2.75, 3.05) is 6.54 Å². The molecule has 14 heavy (non-hydrogen) atoms. The van der Waals surface area contributed by atoms with Crippen LogP contribution in [0.5, 0.6) is 0 Å². The molecule has 1 aliphatic rings. The van der Waals surface area contributed by atoms with Crippen molar-refractivity contribution >= 4 is 5.97 Å². The van der Waals surface area contributed by atoms with Crippen molar-refractivity contribution in [1.29, 1.82) is 0 Å². The summed E-state index contributed by atoms with van der Waals surface area (Å²) in [4.78, 5) is 10.9. The maximum Gasteiger partial charge on any atom is 0.308 e. The van der Waals surface area contributed by atoms with Gasteiger partial charge in [-0.3, -0.25) is 4.79 Å². The highest BCUT2D eigenvalue weighted by molar-refractivity contribution is 5.71. The Bertz CT molecular complexity index is 323. The van der Waals surface area contributed by atoms with Crippen LogP contribution in [0.4, 0.5) is 0 Å². The minimum atomic E-state index is -0.705. The van der Waals surface area contributed by atoms with Crippen LogP contribution in [-0.2, 0) is 4.79 Å². The summed E-state index contributed by atoms with van der Waals surface area (Å²) in [6.07, 6.45) is 0.717. The minimum absolute atomic E-state index is 0.0197. The van der Waals surface area contributed by atoms with Crippen LogP contribution in [0.25, 0.3) is 0 Å². The second-order valence-corrected chi connectivity index (χ2v) is 3.58. The number of hydrogen-bond acceptors (Lipinski definition) is 2. The van der Waals surface area contributed by atoms with Crippen LogP contribution in [0, 0.1) is 5.92 Å². The first kappa shape index (κ1) is 9.21. The topological polar surface area (TPSA) is 49.3 Å². The molecule has 0 amide bonds. The largest absolute Gasteiger partial charge is 0.481 e. The Labute approximate surface area is 82.8 Å². The van der Waals surface area contributed by atoms with Gasteiger partial charge < -0.3 is 10.4 Å². The molecule has 1 fully saturated rings. The van der Waals surface area contributed by atoms with Gasteiger partial charge in [0.1, 0.15) is 0 Å². The van der Waals surface area contributed by atoms with Gasteiger partial charge in [-0.1, -0.05) is 30.3 Å². The molecule has 2 N–H and O–H groups in total. The van der Waals surface area contributed by atoms with Crippen LogP contribution >= 0.6 is 0 Å². The molecular weight excluding hydrogens is 178 g/mol. The first-order chi connectivity index (χ1) is 6.79. The zero-order chi connectivity index (χ0) is 9.97. The van der Waals surface area contributed by atoms with Crippen molar-refractivity contribution < 1.29 is 9.90 Å². The van der Waals surface area contributed by atoms with Gasteiger partial charge in [0.2, 0.25) is 0 Å². The predicted molar refractivity (Wildman–Crippen MR) is 52.9 cm³/mol. The molecule has 0 radical (unpaired) electrons. The van der Waals surface area contributed by atoms with Gasteiger partial charge in [0.15, 0.2) is 0 Å². The van der Waals surface area contributed by atoms with E-state index in [1.165, 1.54) is 0 Å². The Hall–Kier alpha value is -1.35. The van der Waals surface area contributed by atoms with Gasteiger partial charge in [-0.05, 0) is 18.5 Å². The van der Waals surface area contributed by atoms with Gasteiger partial charge in [-0.25, -0.2) is 0 Å². The van der Waals surface area contributed by atoms with E-state index in [4.69, 9.17) is 5.11 Å². The van der Waals surface area contributed by atoms with E-state index in [1.807, 2.05) is 30.3 Å². The number of rotatable bonds is 2. The van der Waals surface area contributed by atoms with Crippen molar-refractivity contribution in [3.63, 3.8) is 0 Å². The zero-order valence-electron chi connectivity index (χ0n) is 7.81. The molecule has 1 saturated heterocycles. The highest BCUT2D eigenvalue weighted by Crippen LogP contribution is 2.29. The number of nitrogens with one attached hydrogen (secondary N) is 1. The van der Waals surface area contributed by atoms with E-state index in [2.05, 4.69) is 5.32 Å². The van der Waals surface area contributed by atoms with E-state index in [9.17, 15) is 4.79 Å². The van der Waals surface area contributed by atoms with E-state index in [1.54, 1.807) is 0 Å². The molecule has 0 aromatic heterocycles. The molecule has 1 aliphatic heterocycles. The van der Waals surface area contributed by atoms with Crippen LogP contribution in [0.15, 0.2) is 30.3 Å². The van der Waals surface area contributed by atoms with Gasteiger partial charge in [-0.15, -0.1) is 0 Å². The number of benzene rings is 1. The fourth-order valence-corrected chi connectivity index (χ4v) is 1.98. The van der Waals surface area contributed by atoms with E-state index in [0.29, 0.717) is 0 Å². The average molecular weight is 191 g/mol. The summed E-state index contributed by atoms with van der Waals surface area (Å²) >= 11 is 0. The summed E-state index contributed by atoms with van der Waals surface area (Å²) < 4.78 is 0. The smallest absolute Gasteiger partial charge is 0.308 e. The fraction of sp³-hybridized carbons (Fsp3) is 0.364. The van der Waals surface area contributed by atoms with Crippen LogP contribution < -0.4 is 5.32 Å². The molecule has 0 aliphatic carbocycles. The highest BCUT2D eigenvalue weighted by Gasteiger charge is 2.33. The van der Waals surface area contributed by atoms with Gasteiger partial charge in [0, 0.05) is 6.04 Å². The Balaban J connectivity index is 2.22. The van der Waals surface area contributed by atoms with Gasteiger partial charge in [0.25, 0.3) is 0 Å². The standard InChI is InChI=1S/C11H13NO2/c13-11(14)9-6-7-12-10(9)8-4-2-1-3-5-8/h1-5,9-10,12H,6-7H2,(H,13,14)/t9-,10-/m0/s1. The third-order valence-corrected chi connectivity index (χ3v) is 2.70. The maximum absolute atomic E-state index is 10.9. The number of aliphatic carboxylic acids is 1. The molecule has 0 spiro atoms. The molecule has 0 bridgehead atoms. The van der Waals surface area contributed by atoms with Crippen LogP contribution in [0.2, 0.25) is 0 Å². The molecule has 0 saturated carbocycles. The van der Waals surface area contributed by atoms with E-state index in [0.717, 1.165) is 18.5 Å². The van der Waals surface area contributed by atoms with Crippen molar-refractivity contribution in [2.45, 2.75) is 12.5 Å². The van der Waals surface area contributed by atoms with Crippen LogP contribution in [-0.4, -0.2) is 17.6 Å². The lowest BCUT2D eigenvalue weighted by atomic mass is 9.94. The van der Waals surface area contributed by atoms with Crippen LogP contribution in [0.1, 0.15) is 18.0 Å². The monoisotopic (exact) mass is 191 g/mol. The third-order valence-electron chi connectivity index (χ3n) is 2.70. The molecule has 74 valence electrons. The molecule has 1 aromatic carbocycles. The number of carbonyl (C=O) groups is 1. The molecule has 1 aromatic rings. The Morgan fingerprint density at radius 3 is 2.71 bits per heavy atom. The average Bonchev–Trinajstić information content (AvgIpc) is 2.67. The Kier molecular flexibility index (Phi) is 2.50. The van der Waals surface area contributed by atoms with E-state index in [-0.39, 0.29) is 12.0 Å². The third kappa shape index (κ3) is 1.63. The second-order valence-electron chi connectivity index (χ2n) is 3.58. The summed E-state index contributed by atoms with van der Waals surface area (Å²) in [7, 11) is 0. The summed E-state index contributed by atoms with van der Waals surface area (Å²) in [5.41, 5.74) is 1.07. The Morgan fingerprint density at radius 2 is 2.07 bits per heavy atom. The fourth-order valence-electron chi connectivity index (χ4n) is 1.98. The predicted octanol–water partition coefficient (Wildman–Crippen LogP) is 1.42. The molecule has 3 nitrogen and oxygen atoms in total. The number of carboxylic acids is 1. The lowest BCUT2D eigenvalue weighted by Gasteiger charge is -2.15. The summed E-state index contributed by atoms with van der Waals surface area (Å²) in [5.74, 6) is -0.985. The normalized spacial score (nSPS) is 26.3. The summed E-state index contributed by atoms with van der Waals surface area (Å²) in [5, 5.41) is 12.2. The summed E-state index contributed by atoms with van der Waals surface area (Å²) in [6.45, 7) is 0.788. The van der Waals surface area contributed by atoms with E-state index >= 15 is 0 Å². The lowest BCUT2D eigenvalue weighted by molar-refractivity contribution is -0.142. The Morgan fingerprint density at radius 1 is 1.36 bits per heavy atom. The van der Waals surface area contributed by atoms with Gasteiger partial charge in [-0.2, -0.15) is 0 Å². The highest BCUT2D eigenvalue weighted by atomic mass is 16.4. The van der Waals surface area contributed by atoms with Crippen molar-refractivity contribution in [1.82, 2.24) is 5.32 Å². The molecule has 2 atom stereocenters. The first-order valence-electron chi connectivity index (χ1n) is 4.80. The second kappa shape index (κ2) is 3.80. The zero-order valence-corrected chi connectivity index (χ0v) is 7.81. The molecular formula is C11H13NO2. The van der Waals surface area contributed by atoms with Crippen molar-refractivity contribution in [2.24, 2.45) is 5.92 Å². The van der Waals surface area contributed by atoms with Crippen molar-refractivity contribution in [3.05, 3.63) is 35.9 Å². The minimum Gasteiger partial charge on any atom is -0.481 e. The van der Waals surface area contributed by atoms with Crippen LogP contribution in [0.3, 0.4) is 0 Å². The first-order valence-corrected chi connectivity index (χ1v) is 4.80. The van der Waals surface area contributed by atoms with Crippen molar-refractivity contribution in [3.8, 4) is 0 Å². The van der Waals surface area contributed by atoms with Gasteiger partial charge >= 0.3 is 5.97 Å². The molecule has 1 heterocycles. The molecule has 3 heteroatoms. The number of carboxylic acid groups (broad SMARTS) is 1. The maximum atomic E-state index is 10.9. The SMILES string of the molecule is O=C(O)[C@H]1CCN[C@H]1c1ccccc1. The quantitative estimate of drug-likeness (QED) is 0.743. The lowest BCUT2D eigenvalue weighted by Crippen LogP contribution is -2.23. The van der Waals surface area contributed by atoms with Gasteiger partial charge in [0.05, 0.1) is 5.92 Å². The van der Waals surface area contributed by atoms with E-state index < -0.39 is 5.97 Å². The molecule has 2 rings (SSSR count).